The molecule has 0 fully saturated rings. The predicted octanol–water partition coefficient (Wildman–Crippen LogP) is 3.46. The SMILES string of the molecule is CC(C)CC(C)N(C)CCNc1ccccc1. The molecular weight excluding hydrogens is 208 g/mol. The number of benzene rings is 1. The van der Waals surface area contributed by atoms with Crippen LogP contribution in [0.15, 0.2) is 30.3 Å². The van der Waals surface area contributed by atoms with Gasteiger partial charge in [0.05, 0.1) is 0 Å². The van der Waals surface area contributed by atoms with Gasteiger partial charge in [0.1, 0.15) is 0 Å². The summed E-state index contributed by atoms with van der Waals surface area (Å²) < 4.78 is 0. The van der Waals surface area contributed by atoms with Crippen LogP contribution < -0.4 is 5.32 Å². The lowest BCUT2D eigenvalue weighted by Gasteiger charge is -2.26. The number of rotatable bonds is 7. The summed E-state index contributed by atoms with van der Waals surface area (Å²) in [6.45, 7) is 8.97. The van der Waals surface area contributed by atoms with Gasteiger partial charge in [-0.3, -0.25) is 0 Å². The molecule has 1 rings (SSSR count). The van der Waals surface area contributed by atoms with E-state index in [2.05, 4.69) is 62.3 Å². The number of para-hydroxylation sites is 1. The zero-order valence-electron chi connectivity index (χ0n) is 11.6. The number of likely N-dealkylation sites (N-methyl/N-ethyl adjacent to an activating group) is 1. The van der Waals surface area contributed by atoms with E-state index in [9.17, 15) is 0 Å². The maximum atomic E-state index is 3.44. The van der Waals surface area contributed by atoms with Crippen LogP contribution in [0.4, 0.5) is 5.69 Å². The summed E-state index contributed by atoms with van der Waals surface area (Å²) in [6, 6.07) is 11.0. The summed E-state index contributed by atoms with van der Waals surface area (Å²) in [7, 11) is 2.21. The molecule has 17 heavy (non-hydrogen) atoms. The van der Waals surface area contributed by atoms with Gasteiger partial charge in [-0.15, -0.1) is 0 Å². The lowest BCUT2D eigenvalue weighted by Crippen LogP contribution is -2.34. The molecule has 0 radical (unpaired) electrons. The van der Waals surface area contributed by atoms with Crippen LogP contribution in [0.5, 0.6) is 0 Å². The highest BCUT2D eigenvalue weighted by atomic mass is 15.1. The van der Waals surface area contributed by atoms with Gasteiger partial charge in [-0.25, -0.2) is 0 Å². The van der Waals surface area contributed by atoms with Crippen molar-refractivity contribution < 1.29 is 0 Å². The third kappa shape index (κ3) is 5.73. The summed E-state index contributed by atoms with van der Waals surface area (Å²) in [5, 5.41) is 3.44. The van der Waals surface area contributed by atoms with Crippen molar-refractivity contribution in [3.05, 3.63) is 30.3 Å². The van der Waals surface area contributed by atoms with Gasteiger partial charge < -0.3 is 10.2 Å². The minimum Gasteiger partial charge on any atom is -0.384 e. The summed E-state index contributed by atoms with van der Waals surface area (Å²) >= 11 is 0. The molecule has 0 spiro atoms. The van der Waals surface area contributed by atoms with Gasteiger partial charge in [-0.1, -0.05) is 32.0 Å². The van der Waals surface area contributed by atoms with Crippen LogP contribution in [-0.4, -0.2) is 31.1 Å². The normalized spacial score (nSPS) is 13.1. The molecule has 0 heterocycles. The molecule has 0 amide bonds. The quantitative estimate of drug-likeness (QED) is 0.777. The second-order valence-electron chi connectivity index (χ2n) is 5.25. The number of anilines is 1. The largest absolute Gasteiger partial charge is 0.384 e. The Morgan fingerprint density at radius 2 is 1.76 bits per heavy atom. The van der Waals surface area contributed by atoms with Gasteiger partial charge in [0.15, 0.2) is 0 Å². The van der Waals surface area contributed by atoms with Crippen LogP contribution in [0.1, 0.15) is 27.2 Å². The van der Waals surface area contributed by atoms with Crippen molar-refractivity contribution in [1.29, 1.82) is 0 Å². The van der Waals surface area contributed by atoms with Gasteiger partial charge in [0.2, 0.25) is 0 Å². The summed E-state index contributed by atoms with van der Waals surface area (Å²) in [5.74, 6) is 0.773. The Bertz CT molecular complexity index is 295. The molecule has 0 aliphatic heterocycles. The molecule has 0 aliphatic carbocycles. The van der Waals surface area contributed by atoms with E-state index < -0.39 is 0 Å². The smallest absolute Gasteiger partial charge is 0.0340 e. The van der Waals surface area contributed by atoms with Crippen molar-refractivity contribution in [2.45, 2.75) is 33.2 Å². The van der Waals surface area contributed by atoms with E-state index in [0.29, 0.717) is 6.04 Å². The number of nitrogens with zero attached hydrogens (tertiary/aromatic N) is 1. The van der Waals surface area contributed by atoms with E-state index in [1.54, 1.807) is 0 Å². The van der Waals surface area contributed by atoms with Gasteiger partial charge >= 0.3 is 0 Å². The Morgan fingerprint density at radius 1 is 1.12 bits per heavy atom. The first kappa shape index (κ1) is 14.0. The van der Waals surface area contributed by atoms with E-state index in [0.717, 1.165) is 19.0 Å². The summed E-state index contributed by atoms with van der Waals surface area (Å²) in [5.41, 5.74) is 1.21. The van der Waals surface area contributed by atoms with Crippen LogP contribution in [-0.2, 0) is 0 Å². The van der Waals surface area contributed by atoms with Gasteiger partial charge in [-0.05, 0) is 38.4 Å². The fourth-order valence-electron chi connectivity index (χ4n) is 2.02. The lowest BCUT2D eigenvalue weighted by molar-refractivity contribution is 0.236. The third-order valence-electron chi connectivity index (χ3n) is 3.13. The Kier molecular flexibility index (Phi) is 6.06. The van der Waals surface area contributed by atoms with E-state index in [1.165, 1.54) is 12.1 Å². The van der Waals surface area contributed by atoms with Crippen molar-refractivity contribution in [3.63, 3.8) is 0 Å². The summed E-state index contributed by atoms with van der Waals surface area (Å²) in [4.78, 5) is 2.43. The Morgan fingerprint density at radius 3 is 2.35 bits per heavy atom. The summed E-state index contributed by atoms with van der Waals surface area (Å²) in [6.07, 6.45) is 1.27. The molecule has 2 nitrogen and oxygen atoms in total. The lowest BCUT2D eigenvalue weighted by atomic mass is 10.0. The van der Waals surface area contributed by atoms with Crippen LogP contribution in [0.25, 0.3) is 0 Å². The minimum absolute atomic E-state index is 0.660. The molecule has 2 heteroatoms. The number of hydrogen-bond acceptors (Lipinski definition) is 2. The van der Waals surface area contributed by atoms with Crippen molar-refractivity contribution >= 4 is 5.69 Å². The van der Waals surface area contributed by atoms with Gasteiger partial charge in [-0.2, -0.15) is 0 Å². The molecule has 0 saturated carbocycles. The fourth-order valence-corrected chi connectivity index (χ4v) is 2.02. The fraction of sp³-hybridized carbons (Fsp3) is 0.600. The second kappa shape index (κ2) is 7.33. The van der Waals surface area contributed by atoms with Crippen molar-refractivity contribution in [1.82, 2.24) is 4.90 Å². The highest BCUT2D eigenvalue weighted by Crippen LogP contribution is 2.09. The van der Waals surface area contributed by atoms with E-state index in [4.69, 9.17) is 0 Å². The first-order chi connectivity index (χ1) is 8.09. The Balaban J connectivity index is 2.22. The van der Waals surface area contributed by atoms with Crippen LogP contribution >= 0.6 is 0 Å². The van der Waals surface area contributed by atoms with Gasteiger partial charge in [0.25, 0.3) is 0 Å². The maximum absolute atomic E-state index is 3.44. The zero-order valence-corrected chi connectivity index (χ0v) is 11.6. The van der Waals surface area contributed by atoms with E-state index in [-0.39, 0.29) is 0 Å². The number of nitrogens with one attached hydrogen (secondary N) is 1. The van der Waals surface area contributed by atoms with Crippen LogP contribution in [0.2, 0.25) is 0 Å². The Labute approximate surface area is 106 Å². The van der Waals surface area contributed by atoms with Crippen molar-refractivity contribution in [2.75, 3.05) is 25.5 Å². The molecular formula is C15H26N2. The maximum Gasteiger partial charge on any atom is 0.0340 e. The highest BCUT2D eigenvalue weighted by molar-refractivity contribution is 5.42. The predicted molar refractivity (Wildman–Crippen MR) is 76.5 cm³/mol. The van der Waals surface area contributed by atoms with Crippen molar-refractivity contribution in [2.24, 2.45) is 5.92 Å². The third-order valence-corrected chi connectivity index (χ3v) is 3.13. The molecule has 0 aromatic heterocycles. The molecule has 0 saturated heterocycles. The standard InChI is InChI=1S/C15H26N2/c1-13(2)12-14(3)17(4)11-10-16-15-8-6-5-7-9-15/h5-9,13-14,16H,10-12H2,1-4H3. The molecule has 96 valence electrons. The van der Waals surface area contributed by atoms with Crippen LogP contribution in [0.3, 0.4) is 0 Å². The molecule has 1 atom stereocenters. The zero-order chi connectivity index (χ0) is 12.7. The second-order valence-corrected chi connectivity index (χ2v) is 5.25. The highest BCUT2D eigenvalue weighted by Gasteiger charge is 2.10. The molecule has 1 aromatic rings. The average Bonchev–Trinajstić information content (AvgIpc) is 2.29. The molecule has 1 aromatic carbocycles. The first-order valence-electron chi connectivity index (χ1n) is 6.58. The Hall–Kier alpha value is -1.02. The van der Waals surface area contributed by atoms with E-state index >= 15 is 0 Å². The molecule has 1 unspecified atom stereocenters. The molecule has 0 aliphatic rings. The first-order valence-corrected chi connectivity index (χ1v) is 6.58. The minimum atomic E-state index is 0.660. The average molecular weight is 234 g/mol. The number of hydrogen-bond donors (Lipinski definition) is 1. The van der Waals surface area contributed by atoms with Crippen LogP contribution in [0, 0.1) is 5.92 Å². The van der Waals surface area contributed by atoms with Crippen molar-refractivity contribution in [3.8, 4) is 0 Å². The molecule has 1 N–H and O–H groups in total. The topological polar surface area (TPSA) is 15.3 Å². The monoisotopic (exact) mass is 234 g/mol. The van der Waals surface area contributed by atoms with E-state index in [1.807, 2.05) is 6.07 Å². The molecule has 0 bridgehead atoms. The van der Waals surface area contributed by atoms with Gasteiger partial charge in [0, 0.05) is 24.8 Å².